The normalized spacial score (nSPS) is 21.4. The molecular formula is C13H22N4. The molecule has 1 aliphatic rings. The molecule has 0 radical (unpaired) electrons. The third kappa shape index (κ3) is 3.68. The predicted octanol–water partition coefficient (Wildman–Crippen LogP) is 0.811. The molecule has 17 heavy (non-hydrogen) atoms. The minimum absolute atomic E-state index is 0.623. The third-order valence-corrected chi connectivity index (χ3v) is 3.38. The summed E-state index contributed by atoms with van der Waals surface area (Å²) in [6.45, 7) is 4.51. The summed E-state index contributed by atoms with van der Waals surface area (Å²) in [6.07, 6.45) is 4.88. The Kier molecular flexibility index (Phi) is 4.34. The quantitative estimate of drug-likeness (QED) is 0.835. The maximum absolute atomic E-state index is 4.04. The van der Waals surface area contributed by atoms with E-state index in [0.717, 1.165) is 26.2 Å². The minimum atomic E-state index is 0.623. The minimum Gasteiger partial charge on any atom is -0.374 e. The molecule has 4 heteroatoms. The van der Waals surface area contributed by atoms with Crippen molar-refractivity contribution in [2.75, 3.05) is 45.2 Å². The molecule has 0 aliphatic carbocycles. The monoisotopic (exact) mass is 234 g/mol. The Morgan fingerprint density at radius 3 is 2.94 bits per heavy atom. The Bertz CT molecular complexity index is 327. The van der Waals surface area contributed by atoms with Crippen LogP contribution in [0.4, 0.5) is 5.69 Å². The van der Waals surface area contributed by atoms with Gasteiger partial charge in [-0.25, -0.2) is 0 Å². The zero-order valence-corrected chi connectivity index (χ0v) is 10.8. The van der Waals surface area contributed by atoms with Gasteiger partial charge in [0, 0.05) is 57.3 Å². The van der Waals surface area contributed by atoms with Crippen molar-refractivity contribution in [3.63, 3.8) is 0 Å². The Hall–Kier alpha value is -1.13. The van der Waals surface area contributed by atoms with E-state index in [4.69, 9.17) is 0 Å². The lowest BCUT2D eigenvalue weighted by Crippen LogP contribution is -2.49. The van der Waals surface area contributed by atoms with Gasteiger partial charge in [-0.15, -0.1) is 0 Å². The van der Waals surface area contributed by atoms with Gasteiger partial charge in [0.1, 0.15) is 0 Å². The SMILES string of the molecule is CN1CCNC(CCN(C)c2ccncc2)C1. The summed E-state index contributed by atoms with van der Waals surface area (Å²) in [7, 11) is 4.34. The lowest BCUT2D eigenvalue weighted by Gasteiger charge is -2.32. The lowest BCUT2D eigenvalue weighted by molar-refractivity contribution is 0.233. The van der Waals surface area contributed by atoms with Gasteiger partial charge in [-0.05, 0) is 25.6 Å². The molecule has 1 aromatic heterocycles. The molecule has 2 heterocycles. The highest BCUT2D eigenvalue weighted by Crippen LogP contribution is 2.11. The second kappa shape index (κ2) is 5.98. The molecule has 1 N–H and O–H groups in total. The fourth-order valence-corrected chi connectivity index (χ4v) is 2.26. The average Bonchev–Trinajstić information content (AvgIpc) is 2.37. The molecule has 0 bridgehead atoms. The van der Waals surface area contributed by atoms with Crippen molar-refractivity contribution in [1.29, 1.82) is 0 Å². The molecule has 0 aromatic carbocycles. The van der Waals surface area contributed by atoms with Crippen LogP contribution >= 0.6 is 0 Å². The van der Waals surface area contributed by atoms with Crippen molar-refractivity contribution in [3.8, 4) is 0 Å². The number of rotatable bonds is 4. The number of pyridine rings is 1. The zero-order valence-electron chi connectivity index (χ0n) is 10.8. The number of likely N-dealkylation sites (N-methyl/N-ethyl adjacent to an activating group) is 1. The van der Waals surface area contributed by atoms with E-state index in [0.29, 0.717) is 6.04 Å². The van der Waals surface area contributed by atoms with Crippen molar-refractivity contribution < 1.29 is 0 Å². The fourth-order valence-electron chi connectivity index (χ4n) is 2.26. The maximum Gasteiger partial charge on any atom is 0.0394 e. The summed E-state index contributed by atoms with van der Waals surface area (Å²) in [5, 5.41) is 3.58. The number of nitrogens with zero attached hydrogens (tertiary/aromatic N) is 3. The number of nitrogens with one attached hydrogen (secondary N) is 1. The first-order valence-corrected chi connectivity index (χ1v) is 6.29. The molecule has 0 spiro atoms. The first-order valence-electron chi connectivity index (χ1n) is 6.29. The van der Waals surface area contributed by atoms with Crippen LogP contribution in [-0.4, -0.2) is 56.2 Å². The number of anilines is 1. The standard InChI is InChI=1S/C13H22N4/c1-16-10-8-15-12(11-16)5-9-17(2)13-3-6-14-7-4-13/h3-4,6-7,12,15H,5,8-11H2,1-2H3. The molecule has 4 nitrogen and oxygen atoms in total. The lowest BCUT2D eigenvalue weighted by atomic mass is 10.1. The van der Waals surface area contributed by atoms with Crippen LogP contribution in [0, 0.1) is 0 Å². The number of hydrogen-bond acceptors (Lipinski definition) is 4. The second-order valence-electron chi connectivity index (χ2n) is 4.83. The first kappa shape index (κ1) is 12.3. The van der Waals surface area contributed by atoms with Crippen molar-refractivity contribution in [2.24, 2.45) is 0 Å². The second-order valence-corrected chi connectivity index (χ2v) is 4.83. The summed E-state index contributed by atoms with van der Waals surface area (Å²) < 4.78 is 0. The van der Waals surface area contributed by atoms with Crippen LogP contribution in [0.2, 0.25) is 0 Å². The summed E-state index contributed by atoms with van der Waals surface area (Å²) in [5.41, 5.74) is 1.24. The zero-order chi connectivity index (χ0) is 12.1. The van der Waals surface area contributed by atoms with E-state index < -0.39 is 0 Å². The largest absolute Gasteiger partial charge is 0.374 e. The summed E-state index contributed by atoms with van der Waals surface area (Å²) in [6, 6.07) is 4.74. The van der Waals surface area contributed by atoms with Gasteiger partial charge in [-0.3, -0.25) is 4.98 Å². The Balaban J connectivity index is 1.78. The highest BCUT2D eigenvalue weighted by Gasteiger charge is 2.16. The Labute approximate surface area is 104 Å². The van der Waals surface area contributed by atoms with Gasteiger partial charge in [0.15, 0.2) is 0 Å². The smallest absolute Gasteiger partial charge is 0.0394 e. The molecule has 1 fully saturated rings. The molecular weight excluding hydrogens is 212 g/mol. The molecule has 1 atom stereocenters. The number of aromatic nitrogens is 1. The van der Waals surface area contributed by atoms with Crippen molar-refractivity contribution >= 4 is 5.69 Å². The number of piperazine rings is 1. The molecule has 1 aliphatic heterocycles. The van der Waals surface area contributed by atoms with E-state index >= 15 is 0 Å². The van der Waals surface area contributed by atoms with Gasteiger partial charge < -0.3 is 15.1 Å². The van der Waals surface area contributed by atoms with E-state index in [9.17, 15) is 0 Å². The van der Waals surface area contributed by atoms with Crippen LogP contribution in [0.15, 0.2) is 24.5 Å². The van der Waals surface area contributed by atoms with E-state index in [-0.39, 0.29) is 0 Å². The topological polar surface area (TPSA) is 31.4 Å². The van der Waals surface area contributed by atoms with Crippen molar-refractivity contribution in [3.05, 3.63) is 24.5 Å². The number of hydrogen-bond donors (Lipinski definition) is 1. The van der Waals surface area contributed by atoms with Crippen LogP contribution in [0.25, 0.3) is 0 Å². The van der Waals surface area contributed by atoms with Gasteiger partial charge >= 0.3 is 0 Å². The summed E-state index contributed by atoms with van der Waals surface area (Å²) in [4.78, 5) is 8.73. The van der Waals surface area contributed by atoms with E-state index in [1.54, 1.807) is 0 Å². The molecule has 94 valence electrons. The predicted molar refractivity (Wildman–Crippen MR) is 71.4 cm³/mol. The van der Waals surface area contributed by atoms with Gasteiger partial charge in [0.25, 0.3) is 0 Å². The van der Waals surface area contributed by atoms with E-state index in [2.05, 4.69) is 46.3 Å². The molecule has 1 aromatic rings. The molecule has 0 amide bonds. The summed E-state index contributed by atoms with van der Waals surface area (Å²) >= 11 is 0. The Morgan fingerprint density at radius 2 is 2.24 bits per heavy atom. The van der Waals surface area contributed by atoms with E-state index in [1.807, 2.05) is 12.4 Å². The van der Waals surface area contributed by atoms with Gasteiger partial charge in [-0.2, -0.15) is 0 Å². The van der Waals surface area contributed by atoms with Crippen LogP contribution < -0.4 is 10.2 Å². The van der Waals surface area contributed by atoms with Crippen molar-refractivity contribution in [2.45, 2.75) is 12.5 Å². The third-order valence-electron chi connectivity index (χ3n) is 3.38. The van der Waals surface area contributed by atoms with Crippen molar-refractivity contribution in [1.82, 2.24) is 15.2 Å². The van der Waals surface area contributed by atoms with Gasteiger partial charge in [0.2, 0.25) is 0 Å². The van der Waals surface area contributed by atoms with Crippen LogP contribution in [0.3, 0.4) is 0 Å². The first-order chi connectivity index (χ1) is 8.25. The highest BCUT2D eigenvalue weighted by atomic mass is 15.2. The average molecular weight is 234 g/mol. The van der Waals surface area contributed by atoms with Gasteiger partial charge in [-0.1, -0.05) is 0 Å². The van der Waals surface area contributed by atoms with E-state index in [1.165, 1.54) is 12.1 Å². The molecule has 1 unspecified atom stereocenters. The van der Waals surface area contributed by atoms with Crippen LogP contribution in [-0.2, 0) is 0 Å². The fraction of sp³-hybridized carbons (Fsp3) is 0.615. The maximum atomic E-state index is 4.04. The van der Waals surface area contributed by atoms with Crippen LogP contribution in [0.1, 0.15) is 6.42 Å². The highest BCUT2D eigenvalue weighted by molar-refractivity contribution is 5.43. The molecule has 1 saturated heterocycles. The molecule has 2 rings (SSSR count). The molecule has 0 saturated carbocycles. The summed E-state index contributed by atoms with van der Waals surface area (Å²) in [5.74, 6) is 0. The van der Waals surface area contributed by atoms with Crippen LogP contribution in [0.5, 0.6) is 0 Å². The Morgan fingerprint density at radius 1 is 1.47 bits per heavy atom. The van der Waals surface area contributed by atoms with Gasteiger partial charge in [0.05, 0.1) is 0 Å².